The van der Waals surface area contributed by atoms with Crippen molar-refractivity contribution in [1.29, 1.82) is 0 Å². The third kappa shape index (κ3) is 5.37. The van der Waals surface area contributed by atoms with Crippen LogP contribution in [0.4, 0.5) is 4.79 Å². The summed E-state index contributed by atoms with van der Waals surface area (Å²) in [6.45, 7) is 7.58. The van der Waals surface area contributed by atoms with Crippen molar-refractivity contribution < 1.29 is 28.7 Å². The first kappa shape index (κ1) is 25.1. The van der Waals surface area contributed by atoms with Crippen LogP contribution in [-0.2, 0) is 23.9 Å². The summed E-state index contributed by atoms with van der Waals surface area (Å²) in [4.78, 5) is 53.8. The number of esters is 1. The minimum Gasteiger partial charge on any atom is -0.468 e. The predicted molar refractivity (Wildman–Crippen MR) is 114 cm³/mol. The number of rotatable bonds is 4. The van der Waals surface area contributed by atoms with E-state index in [9.17, 15) is 19.2 Å². The van der Waals surface area contributed by atoms with Gasteiger partial charge in [0.2, 0.25) is 5.78 Å². The maximum absolute atomic E-state index is 13.0. The van der Waals surface area contributed by atoms with Crippen LogP contribution in [0.3, 0.4) is 0 Å². The van der Waals surface area contributed by atoms with Gasteiger partial charge in [0, 0.05) is 13.6 Å². The van der Waals surface area contributed by atoms with E-state index in [0.717, 1.165) is 19.3 Å². The van der Waals surface area contributed by atoms with Gasteiger partial charge in [0.15, 0.2) is 0 Å². The van der Waals surface area contributed by atoms with Crippen LogP contribution in [0.1, 0.15) is 59.8 Å². The van der Waals surface area contributed by atoms with Gasteiger partial charge in [-0.25, -0.2) is 4.79 Å². The maximum Gasteiger partial charge on any atom is 0.410 e. The summed E-state index contributed by atoms with van der Waals surface area (Å²) < 4.78 is 10.4. The van der Waals surface area contributed by atoms with Crippen LogP contribution in [0.2, 0.25) is 0 Å². The number of methoxy groups -OCH3 is 1. The molecule has 2 amide bonds. The fourth-order valence-electron chi connectivity index (χ4n) is 4.70. The lowest BCUT2D eigenvalue weighted by Crippen LogP contribution is -2.68. The zero-order valence-corrected chi connectivity index (χ0v) is 19.8. The molecule has 2 rings (SSSR count). The van der Waals surface area contributed by atoms with Gasteiger partial charge in [0.1, 0.15) is 17.7 Å². The standard InChI is InChI=1S/C22H37N3O6/c1-8-14-9-11-22(12-10-14,25(6)20(29)31-21(2,3)4)19-23-17(27)16(26)15(13-24(19)5)18(28)30-7/h14-15,19H,8-13H2,1-7H3,(H,23,27). The summed E-state index contributed by atoms with van der Waals surface area (Å²) in [6, 6.07) is 0. The highest BCUT2D eigenvalue weighted by Crippen LogP contribution is 2.41. The highest BCUT2D eigenvalue weighted by molar-refractivity contribution is 6.40. The van der Waals surface area contributed by atoms with Gasteiger partial charge in [-0.2, -0.15) is 0 Å². The van der Waals surface area contributed by atoms with E-state index in [4.69, 9.17) is 9.47 Å². The van der Waals surface area contributed by atoms with E-state index in [2.05, 4.69) is 12.2 Å². The van der Waals surface area contributed by atoms with Crippen molar-refractivity contribution in [3.63, 3.8) is 0 Å². The third-order valence-electron chi connectivity index (χ3n) is 6.60. The SMILES string of the molecule is CCC1CCC(C2NC(=O)C(=O)C(C(=O)OC)CN2C)(N(C)C(=O)OC(C)(C)C)CC1. The Morgan fingerprint density at radius 3 is 2.29 bits per heavy atom. The highest BCUT2D eigenvalue weighted by atomic mass is 16.6. The molecular weight excluding hydrogens is 402 g/mol. The average molecular weight is 440 g/mol. The monoisotopic (exact) mass is 439 g/mol. The van der Waals surface area contributed by atoms with Crippen molar-refractivity contribution in [2.24, 2.45) is 11.8 Å². The summed E-state index contributed by atoms with van der Waals surface area (Å²) in [5.74, 6) is -3.05. The quantitative estimate of drug-likeness (QED) is 0.405. The highest BCUT2D eigenvalue weighted by Gasteiger charge is 2.52. The van der Waals surface area contributed by atoms with Crippen LogP contribution in [0, 0.1) is 11.8 Å². The molecule has 0 radical (unpaired) electrons. The molecule has 2 aliphatic rings. The molecule has 0 aromatic rings. The molecule has 31 heavy (non-hydrogen) atoms. The molecule has 1 aliphatic carbocycles. The molecule has 9 nitrogen and oxygen atoms in total. The summed E-state index contributed by atoms with van der Waals surface area (Å²) in [7, 11) is 4.63. The summed E-state index contributed by atoms with van der Waals surface area (Å²) in [6.07, 6.45) is 2.98. The molecule has 2 fully saturated rings. The number of nitrogens with zero attached hydrogens (tertiary/aromatic N) is 2. The largest absolute Gasteiger partial charge is 0.468 e. The lowest BCUT2D eigenvalue weighted by Gasteiger charge is -2.52. The Balaban J connectivity index is 2.43. The molecule has 1 heterocycles. The van der Waals surface area contributed by atoms with E-state index < -0.39 is 47.0 Å². The molecule has 9 heteroatoms. The van der Waals surface area contributed by atoms with Crippen LogP contribution < -0.4 is 5.32 Å². The Hall–Kier alpha value is -2.16. The fourth-order valence-corrected chi connectivity index (χ4v) is 4.70. The molecule has 0 aromatic heterocycles. The van der Waals surface area contributed by atoms with Gasteiger partial charge in [-0.05, 0) is 59.4 Å². The molecule has 1 saturated carbocycles. The number of ether oxygens (including phenoxy) is 2. The number of amides is 2. The summed E-state index contributed by atoms with van der Waals surface area (Å²) in [5, 5.41) is 2.81. The lowest BCUT2D eigenvalue weighted by molar-refractivity contribution is -0.152. The van der Waals surface area contributed by atoms with Crippen molar-refractivity contribution in [2.45, 2.75) is 77.1 Å². The van der Waals surface area contributed by atoms with Gasteiger partial charge in [-0.3, -0.25) is 19.3 Å². The Morgan fingerprint density at radius 2 is 1.81 bits per heavy atom. The lowest BCUT2D eigenvalue weighted by atomic mass is 9.72. The first-order valence-corrected chi connectivity index (χ1v) is 11.0. The number of ketones is 1. The molecule has 1 saturated heterocycles. The van der Waals surface area contributed by atoms with Crippen molar-refractivity contribution in [3.05, 3.63) is 0 Å². The fraction of sp³-hybridized carbons (Fsp3) is 0.818. The summed E-state index contributed by atoms with van der Waals surface area (Å²) >= 11 is 0. The van der Waals surface area contributed by atoms with Crippen LogP contribution in [0.25, 0.3) is 0 Å². The van der Waals surface area contributed by atoms with E-state index in [-0.39, 0.29) is 6.54 Å². The number of likely N-dealkylation sites (N-methyl/N-ethyl adjacent to an activating group) is 2. The number of carbonyl (C=O) groups is 4. The zero-order valence-electron chi connectivity index (χ0n) is 19.8. The molecule has 0 aromatic carbocycles. The Bertz CT molecular complexity index is 709. The van der Waals surface area contributed by atoms with Crippen LogP contribution in [-0.4, -0.2) is 78.6 Å². The minimum absolute atomic E-state index is 0.0238. The van der Waals surface area contributed by atoms with Gasteiger partial charge in [0.05, 0.1) is 12.6 Å². The van der Waals surface area contributed by atoms with E-state index in [1.165, 1.54) is 7.11 Å². The summed E-state index contributed by atoms with van der Waals surface area (Å²) in [5.41, 5.74) is -1.44. The van der Waals surface area contributed by atoms with Crippen LogP contribution in [0.5, 0.6) is 0 Å². The van der Waals surface area contributed by atoms with Crippen molar-refractivity contribution in [3.8, 4) is 0 Å². The van der Waals surface area contributed by atoms with Gasteiger partial charge in [-0.1, -0.05) is 13.3 Å². The number of hydrogen-bond acceptors (Lipinski definition) is 7. The Labute approximate surface area is 184 Å². The maximum atomic E-state index is 13.0. The number of hydrogen-bond donors (Lipinski definition) is 1. The van der Waals surface area contributed by atoms with Crippen molar-refractivity contribution in [2.75, 3.05) is 27.7 Å². The molecule has 176 valence electrons. The Morgan fingerprint density at radius 1 is 1.23 bits per heavy atom. The van der Waals surface area contributed by atoms with Gasteiger partial charge >= 0.3 is 12.1 Å². The second-order valence-electron chi connectivity index (χ2n) is 9.75. The van der Waals surface area contributed by atoms with Crippen molar-refractivity contribution in [1.82, 2.24) is 15.1 Å². The molecule has 0 bridgehead atoms. The van der Waals surface area contributed by atoms with Gasteiger partial charge < -0.3 is 19.7 Å². The molecule has 0 spiro atoms. The molecule has 1 N–H and O–H groups in total. The predicted octanol–water partition coefficient (Wildman–Crippen LogP) is 1.94. The minimum atomic E-state index is -1.20. The zero-order chi connectivity index (χ0) is 23.6. The first-order valence-electron chi connectivity index (χ1n) is 11.0. The van der Waals surface area contributed by atoms with Crippen LogP contribution >= 0.6 is 0 Å². The number of carbonyl (C=O) groups excluding carboxylic acids is 4. The van der Waals surface area contributed by atoms with E-state index in [1.54, 1.807) is 44.7 Å². The van der Waals surface area contributed by atoms with Gasteiger partial charge in [-0.15, -0.1) is 0 Å². The molecule has 2 unspecified atom stereocenters. The average Bonchev–Trinajstić information content (AvgIpc) is 2.83. The molecule has 1 aliphatic heterocycles. The number of nitrogens with one attached hydrogen (secondary N) is 1. The van der Waals surface area contributed by atoms with E-state index >= 15 is 0 Å². The topological polar surface area (TPSA) is 105 Å². The normalized spacial score (nSPS) is 30.2. The first-order chi connectivity index (χ1) is 14.4. The smallest absolute Gasteiger partial charge is 0.410 e. The third-order valence-corrected chi connectivity index (χ3v) is 6.60. The number of Topliss-reactive ketones (excluding diaryl/α,β-unsaturated/α-hetero) is 1. The van der Waals surface area contributed by atoms with E-state index in [1.807, 2.05) is 0 Å². The van der Waals surface area contributed by atoms with Crippen molar-refractivity contribution >= 4 is 23.8 Å². The van der Waals surface area contributed by atoms with Crippen LogP contribution in [0.15, 0.2) is 0 Å². The Kier molecular flexibility index (Phi) is 7.73. The second-order valence-corrected chi connectivity index (χ2v) is 9.75. The molecule has 2 atom stereocenters. The second kappa shape index (κ2) is 9.54. The molecular formula is C22H37N3O6. The van der Waals surface area contributed by atoms with Gasteiger partial charge in [0.25, 0.3) is 5.91 Å². The van der Waals surface area contributed by atoms with E-state index in [0.29, 0.717) is 18.8 Å².